The highest BCUT2D eigenvalue weighted by molar-refractivity contribution is 7.80. The number of nitrogens with one attached hydrogen (secondary N) is 1. The average molecular weight is 492 g/mol. The van der Waals surface area contributed by atoms with Crippen molar-refractivity contribution < 1.29 is 29.0 Å². The number of ether oxygens (including phenoxy) is 1. The zero-order valence-corrected chi connectivity index (χ0v) is 21.1. The van der Waals surface area contributed by atoms with Crippen LogP contribution in [-0.4, -0.2) is 46.6 Å². The smallest absolute Gasteiger partial charge is 0.327 e. The van der Waals surface area contributed by atoms with Crippen LogP contribution in [0.15, 0.2) is 11.6 Å². The summed E-state index contributed by atoms with van der Waals surface area (Å²) in [6.07, 6.45) is 9.34. The van der Waals surface area contributed by atoms with E-state index in [4.69, 9.17) is 9.84 Å². The van der Waals surface area contributed by atoms with E-state index < -0.39 is 23.9 Å². The summed E-state index contributed by atoms with van der Waals surface area (Å²) in [4.78, 5) is 47.7. The van der Waals surface area contributed by atoms with Gasteiger partial charge < -0.3 is 15.2 Å². The summed E-state index contributed by atoms with van der Waals surface area (Å²) in [5.41, 5.74) is 1.43. The summed E-state index contributed by atoms with van der Waals surface area (Å²) >= 11 is 3.93. The van der Waals surface area contributed by atoms with E-state index in [-0.39, 0.29) is 41.3 Å². The SMILES string of the molecule is C[C@]12CC[C@@H]3[C@H](CCC4=CC(=O)CC[C@@]43C)[C@H]1CC[C@H]2OC(=O)CCC(=O)N[C@H](CS)C(=O)O. The van der Waals surface area contributed by atoms with Gasteiger partial charge in [0, 0.05) is 24.0 Å². The topological polar surface area (TPSA) is 110 Å². The summed E-state index contributed by atoms with van der Waals surface area (Å²) in [6, 6.07) is -1.06. The first-order valence-electron chi connectivity index (χ1n) is 12.6. The molecule has 1 amide bonds. The highest BCUT2D eigenvalue weighted by Crippen LogP contribution is 2.65. The van der Waals surface area contributed by atoms with Crippen LogP contribution in [0.3, 0.4) is 0 Å². The lowest BCUT2D eigenvalue weighted by atomic mass is 9.47. The number of thiol groups is 1. The molecule has 4 rings (SSSR count). The average Bonchev–Trinajstić information content (AvgIpc) is 3.12. The Morgan fingerprint density at radius 1 is 1.12 bits per heavy atom. The van der Waals surface area contributed by atoms with Crippen molar-refractivity contribution in [2.45, 2.75) is 90.2 Å². The van der Waals surface area contributed by atoms with Gasteiger partial charge in [0.25, 0.3) is 0 Å². The molecule has 4 aliphatic rings. The number of aliphatic carboxylic acids is 1. The van der Waals surface area contributed by atoms with Gasteiger partial charge in [-0.05, 0) is 74.2 Å². The summed E-state index contributed by atoms with van der Waals surface area (Å²) in [5, 5.41) is 11.4. The van der Waals surface area contributed by atoms with Gasteiger partial charge in [-0.15, -0.1) is 0 Å². The molecule has 0 aromatic heterocycles. The Balaban J connectivity index is 1.35. The van der Waals surface area contributed by atoms with Crippen LogP contribution in [0, 0.1) is 28.6 Å². The van der Waals surface area contributed by atoms with Crippen molar-refractivity contribution >= 4 is 36.3 Å². The highest BCUT2D eigenvalue weighted by Gasteiger charge is 2.59. The third-order valence-corrected chi connectivity index (χ3v) is 9.89. The van der Waals surface area contributed by atoms with Crippen molar-refractivity contribution in [3.8, 4) is 0 Å². The van der Waals surface area contributed by atoms with Crippen LogP contribution in [0.5, 0.6) is 0 Å². The number of carbonyl (C=O) groups is 4. The normalized spacial score (nSPS) is 37.5. The third-order valence-electron chi connectivity index (χ3n) is 9.52. The number of ketones is 1. The molecule has 7 atom stereocenters. The van der Waals surface area contributed by atoms with Crippen LogP contribution in [0.1, 0.15) is 78.1 Å². The van der Waals surface area contributed by atoms with Gasteiger partial charge in [0.05, 0.1) is 6.42 Å². The van der Waals surface area contributed by atoms with Crippen LogP contribution < -0.4 is 5.32 Å². The molecule has 7 nitrogen and oxygen atoms in total. The Morgan fingerprint density at radius 2 is 1.88 bits per heavy atom. The maximum absolute atomic E-state index is 12.6. The van der Waals surface area contributed by atoms with Crippen LogP contribution in [-0.2, 0) is 23.9 Å². The fourth-order valence-electron chi connectivity index (χ4n) is 7.59. The monoisotopic (exact) mass is 491 g/mol. The number of carboxylic acid groups (broad SMARTS) is 1. The zero-order valence-electron chi connectivity index (χ0n) is 20.2. The third kappa shape index (κ3) is 4.54. The number of fused-ring (bicyclic) bond motifs is 5. The Bertz CT molecular complexity index is 902. The lowest BCUT2D eigenvalue weighted by molar-refractivity contribution is -0.160. The summed E-state index contributed by atoms with van der Waals surface area (Å²) in [7, 11) is 0. The predicted molar refractivity (Wildman–Crippen MR) is 129 cm³/mol. The van der Waals surface area contributed by atoms with Gasteiger partial charge in [0.15, 0.2) is 5.78 Å². The van der Waals surface area contributed by atoms with Gasteiger partial charge in [-0.3, -0.25) is 14.4 Å². The molecule has 0 spiro atoms. The molecular weight excluding hydrogens is 454 g/mol. The van der Waals surface area contributed by atoms with E-state index in [1.54, 1.807) is 0 Å². The Labute approximate surface area is 206 Å². The fourth-order valence-corrected chi connectivity index (χ4v) is 7.84. The van der Waals surface area contributed by atoms with Crippen LogP contribution >= 0.6 is 12.6 Å². The van der Waals surface area contributed by atoms with Crippen LogP contribution in [0.2, 0.25) is 0 Å². The van der Waals surface area contributed by atoms with Crippen molar-refractivity contribution in [1.82, 2.24) is 5.32 Å². The number of rotatable bonds is 7. The van der Waals surface area contributed by atoms with Crippen LogP contribution in [0.4, 0.5) is 0 Å². The molecule has 8 heteroatoms. The van der Waals surface area contributed by atoms with Gasteiger partial charge in [0.2, 0.25) is 5.91 Å². The second-order valence-electron chi connectivity index (χ2n) is 11.2. The quantitative estimate of drug-likeness (QED) is 0.370. The number of esters is 1. The molecule has 0 aromatic carbocycles. The van der Waals surface area contributed by atoms with E-state index in [0.717, 1.165) is 44.9 Å². The van der Waals surface area contributed by atoms with Gasteiger partial charge in [-0.2, -0.15) is 12.6 Å². The molecule has 0 bridgehead atoms. The predicted octanol–water partition coefficient (Wildman–Crippen LogP) is 3.71. The Hall–Kier alpha value is -1.83. The first-order valence-corrected chi connectivity index (χ1v) is 13.3. The van der Waals surface area contributed by atoms with E-state index >= 15 is 0 Å². The molecule has 0 unspecified atom stereocenters. The number of hydrogen-bond acceptors (Lipinski definition) is 6. The van der Waals surface area contributed by atoms with Gasteiger partial charge >= 0.3 is 11.9 Å². The van der Waals surface area contributed by atoms with E-state index in [1.807, 2.05) is 6.08 Å². The molecular formula is C26H37NO6S. The number of carbonyl (C=O) groups excluding carboxylic acids is 3. The molecule has 3 saturated carbocycles. The molecule has 188 valence electrons. The minimum absolute atomic E-state index is 0.0118. The molecule has 2 N–H and O–H groups in total. The van der Waals surface area contributed by atoms with Crippen molar-refractivity contribution in [3.05, 3.63) is 11.6 Å². The van der Waals surface area contributed by atoms with Crippen LogP contribution in [0.25, 0.3) is 0 Å². The zero-order chi connectivity index (χ0) is 24.7. The number of allylic oxidation sites excluding steroid dienone is 1. The fraction of sp³-hybridized carbons (Fsp3) is 0.769. The largest absolute Gasteiger partial charge is 0.480 e. The van der Waals surface area contributed by atoms with Crippen molar-refractivity contribution in [1.29, 1.82) is 0 Å². The molecule has 3 fully saturated rings. The molecule has 4 aliphatic carbocycles. The summed E-state index contributed by atoms with van der Waals surface area (Å²) in [6.45, 7) is 4.64. The van der Waals surface area contributed by atoms with Gasteiger partial charge in [0.1, 0.15) is 12.1 Å². The van der Waals surface area contributed by atoms with Crippen molar-refractivity contribution in [2.24, 2.45) is 28.6 Å². The minimum atomic E-state index is -1.15. The number of hydrogen-bond donors (Lipinski definition) is 3. The standard InChI is InChI=1S/C26H37NO6S/c1-25-11-9-16(28)13-15(25)3-4-17-18-5-6-21(26(18,2)12-10-19(17)25)33-23(30)8-7-22(29)27-20(14-34)24(31)32/h13,17-21,34H,3-12,14H2,1-2H3,(H,27,29)(H,31,32)/t17-,18-,19-,20-,21-,25+,26+/m1/s1. The first kappa shape index (κ1) is 25.3. The maximum atomic E-state index is 12.6. The van der Waals surface area contributed by atoms with E-state index in [9.17, 15) is 19.2 Å². The molecule has 0 heterocycles. The number of amides is 1. The Morgan fingerprint density at radius 3 is 2.59 bits per heavy atom. The highest BCUT2D eigenvalue weighted by atomic mass is 32.1. The summed E-state index contributed by atoms with van der Waals surface area (Å²) < 4.78 is 5.93. The van der Waals surface area contributed by atoms with Crippen molar-refractivity contribution in [2.75, 3.05) is 5.75 Å². The first-order chi connectivity index (χ1) is 16.1. The van der Waals surface area contributed by atoms with Gasteiger partial charge in [-0.1, -0.05) is 19.4 Å². The van der Waals surface area contributed by atoms with E-state index in [1.165, 1.54) is 5.57 Å². The van der Waals surface area contributed by atoms with Crippen molar-refractivity contribution in [3.63, 3.8) is 0 Å². The molecule has 0 saturated heterocycles. The molecule has 0 radical (unpaired) electrons. The lowest BCUT2D eigenvalue weighted by Gasteiger charge is -2.57. The molecule has 34 heavy (non-hydrogen) atoms. The minimum Gasteiger partial charge on any atom is -0.480 e. The van der Waals surface area contributed by atoms with E-state index in [2.05, 4.69) is 31.8 Å². The second-order valence-corrected chi connectivity index (χ2v) is 11.6. The number of carboxylic acids is 1. The Kier molecular flexibility index (Phi) is 7.19. The maximum Gasteiger partial charge on any atom is 0.327 e. The van der Waals surface area contributed by atoms with E-state index in [0.29, 0.717) is 24.2 Å². The molecule has 0 aliphatic heterocycles. The lowest BCUT2D eigenvalue weighted by Crippen LogP contribution is -2.51. The molecule has 0 aromatic rings. The van der Waals surface area contributed by atoms with Gasteiger partial charge in [-0.25, -0.2) is 4.79 Å². The second kappa shape index (κ2) is 9.67. The summed E-state index contributed by atoms with van der Waals surface area (Å²) in [5.74, 6) is -0.0724.